The zero-order valence-electron chi connectivity index (χ0n) is 6.92. The molecule has 15 heavy (non-hydrogen) atoms. The number of halogens is 4. The fourth-order valence-electron chi connectivity index (χ4n) is 0.847. The molecule has 0 saturated heterocycles. The highest BCUT2D eigenvalue weighted by molar-refractivity contribution is 8.13. The van der Waals surface area contributed by atoms with E-state index in [0.29, 0.717) is 6.20 Å². The van der Waals surface area contributed by atoms with Crippen molar-refractivity contribution in [3.63, 3.8) is 0 Å². The van der Waals surface area contributed by atoms with Crippen LogP contribution in [0.2, 0.25) is 0 Å². The number of anilines is 1. The topological polar surface area (TPSA) is 73.1 Å². The molecule has 0 bridgehead atoms. The molecule has 0 aliphatic heterocycles. The predicted molar refractivity (Wildman–Crippen MR) is 46.6 cm³/mol. The molecule has 0 spiro atoms. The molecular formula is C6H4ClF3N2O2S. The number of hydrogen-bond acceptors (Lipinski definition) is 4. The van der Waals surface area contributed by atoms with Gasteiger partial charge in [-0.25, -0.2) is 21.6 Å². The van der Waals surface area contributed by atoms with Gasteiger partial charge in [-0.15, -0.1) is 0 Å². The molecule has 2 N–H and O–H groups in total. The standard InChI is InChI=1S/C6H4ClF3N2O2S/c7-15(13,14)2-1-12-5(6(9)10)3(8)4(2)11/h1,6H,(H2,11,12). The normalized spacial score (nSPS) is 12.1. The Labute approximate surface area is 87.3 Å². The molecule has 1 heterocycles. The molecule has 0 fully saturated rings. The average molecular weight is 261 g/mol. The Morgan fingerprint density at radius 1 is 1.47 bits per heavy atom. The Bertz CT molecular complexity index is 491. The molecular weight excluding hydrogens is 257 g/mol. The highest BCUT2D eigenvalue weighted by atomic mass is 35.7. The van der Waals surface area contributed by atoms with E-state index in [1.165, 1.54) is 0 Å². The van der Waals surface area contributed by atoms with Crippen LogP contribution in [-0.4, -0.2) is 13.4 Å². The highest BCUT2D eigenvalue weighted by Gasteiger charge is 2.24. The quantitative estimate of drug-likeness (QED) is 0.821. The summed E-state index contributed by atoms with van der Waals surface area (Å²) in [5, 5.41) is 0. The molecule has 9 heteroatoms. The Hall–Kier alpha value is -1.02. The van der Waals surface area contributed by atoms with Gasteiger partial charge in [-0.05, 0) is 0 Å². The van der Waals surface area contributed by atoms with E-state index in [9.17, 15) is 21.6 Å². The number of pyridine rings is 1. The van der Waals surface area contributed by atoms with Gasteiger partial charge in [0.25, 0.3) is 15.5 Å². The second-order valence-electron chi connectivity index (χ2n) is 2.47. The molecule has 0 atom stereocenters. The molecule has 0 saturated carbocycles. The average Bonchev–Trinajstić information content (AvgIpc) is 2.06. The van der Waals surface area contributed by atoms with Gasteiger partial charge < -0.3 is 5.73 Å². The molecule has 0 aliphatic carbocycles. The minimum atomic E-state index is -4.30. The van der Waals surface area contributed by atoms with Crippen LogP contribution in [-0.2, 0) is 9.05 Å². The molecule has 1 aromatic heterocycles. The highest BCUT2D eigenvalue weighted by Crippen LogP contribution is 2.29. The summed E-state index contributed by atoms with van der Waals surface area (Å²) in [6.45, 7) is 0. The SMILES string of the molecule is Nc1c(S(=O)(=O)Cl)cnc(C(F)F)c1F. The van der Waals surface area contributed by atoms with E-state index in [-0.39, 0.29) is 0 Å². The molecule has 0 radical (unpaired) electrons. The number of nitrogen functional groups attached to an aromatic ring is 1. The van der Waals surface area contributed by atoms with E-state index in [1.54, 1.807) is 0 Å². The molecule has 1 rings (SSSR count). The molecule has 0 aromatic carbocycles. The second-order valence-corrected chi connectivity index (χ2v) is 5.01. The summed E-state index contributed by atoms with van der Waals surface area (Å²) in [7, 11) is 0.567. The Morgan fingerprint density at radius 2 is 2.00 bits per heavy atom. The first-order valence-electron chi connectivity index (χ1n) is 3.42. The van der Waals surface area contributed by atoms with Crippen molar-refractivity contribution in [3.8, 4) is 0 Å². The van der Waals surface area contributed by atoms with Gasteiger partial charge in [0.15, 0.2) is 5.82 Å². The molecule has 84 valence electrons. The number of aromatic nitrogens is 1. The van der Waals surface area contributed by atoms with Crippen LogP contribution in [0.4, 0.5) is 18.9 Å². The van der Waals surface area contributed by atoms with Crippen molar-refractivity contribution in [2.24, 2.45) is 0 Å². The largest absolute Gasteiger partial charge is 0.395 e. The van der Waals surface area contributed by atoms with Crippen LogP contribution >= 0.6 is 10.7 Å². The van der Waals surface area contributed by atoms with Crippen LogP contribution in [0.5, 0.6) is 0 Å². The Morgan fingerprint density at radius 3 is 2.40 bits per heavy atom. The first kappa shape index (κ1) is 12.1. The third-order valence-corrected chi connectivity index (χ3v) is 2.87. The maximum Gasteiger partial charge on any atom is 0.283 e. The fraction of sp³-hybridized carbons (Fsp3) is 0.167. The molecule has 0 unspecified atom stereocenters. The van der Waals surface area contributed by atoms with E-state index >= 15 is 0 Å². The van der Waals surface area contributed by atoms with Gasteiger partial charge in [0.1, 0.15) is 10.6 Å². The first-order chi connectivity index (χ1) is 6.75. The maximum atomic E-state index is 13.1. The van der Waals surface area contributed by atoms with Crippen molar-refractivity contribution < 1.29 is 21.6 Å². The minimum Gasteiger partial charge on any atom is -0.395 e. The lowest BCUT2D eigenvalue weighted by molar-refractivity contribution is 0.140. The zero-order valence-corrected chi connectivity index (χ0v) is 8.49. The van der Waals surface area contributed by atoms with Crippen molar-refractivity contribution in [2.45, 2.75) is 11.3 Å². The summed E-state index contributed by atoms with van der Waals surface area (Å²) >= 11 is 0. The van der Waals surface area contributed by atoms with Crippen LogP contribution in [0.1, 0.15) is 12.1 Å². The molecule has 0 aliphatic rings. The molecule has 1 aromatic rings. The summed E-state index contributed by atoms with van der Waals surface area (Å²) in [5.41, 5.74) is 2.82. The second kappa shape index (κ2) is 3.86. The summed E-state index contributed by atoms with van der Waals surface area (Å²) in [5.74, 6) is -1.58. The van der Waals surface area contributed by atoms with Crippen molar-refractivity contribution in [1.82, 2.24) is 4.98 Å². The Kier molecular flexibility index (Phi) is 3.10. The van der Waals surface area contributed by atoms with Crippen molar-refractivity contribution in [2.75, 3.05) is 5.73 Å². The number of alkyl halides is 2. The van der Waals surface area contributed by atoms with Crippen molar-refractivity contribution >= 4 is 25.4 Å². The lowest BCUT2D eigenvalue weighted by Gasteiger charge is -2.06. The van der Waals surface area contributed by atoms with Crippen molar-refractivity contribution in [1.29, 1.82) is 0 Å². The van der Waals surface area contributed by atoms with Gasteiger partial charge >= 0.3 is 0 Å². The lowest BCUT2D eigenvalue weighted by Crippen LogP contribution is -2.06. The number of rotatable bonds is 2. The Balaban J connectivity index is 3.48. The minimum absolute atomic E-state index is 0.488. The van der Waals surface area contributed by atoms with E-state index < -0.39 is 37.6 Å². The molecule has 0 amide bonds. The van der Waals surface area contributed by atoms with E-state index in [0.717, 1.165) is 0 Å². The van der Waals surface area contributed by atoms with Crippen LogP contribution in [0.3, 0.4) is 0 Å². The van der Waals surface area contributed by atoms with Gasteiger partial charge in [-0.2, -0.15) is 0 Å². The van der Waals surface area contributed by atoms with Gasteiger partial charge in [-0.1, -0.05) is 0 Å². The van der Waals surface area contributed by atoms with Crippen LogP contribution in [0.25, 0.3) is 0 Å². The van der Waals surface area contributed by atoms with E-state index in [1.807, 2.05) is 0 Å². The van der Waals surface area contributed by atoms with E-state index in [4.69, 9.17) is 16.4 Å². The summed E-state index contributed by atoms with van der Waals surface area (Å²) < 4.78 is 58.8. The number of hydrogen-bond donors (Lipinski definition) is 1. The predicted octanol–water partition coefficient (Wildman–Crippen LogP) is 1.67. The third kappa shape index (κ3) is 2.32. The third-order valence-electron chi connectivity index (χ3n) is 1.52. The van der Waals surface area contributed by atoms with E-state index in [2.05, 4.69) is 4.98 Å². The summed E-state index contributed by atoms with van der Waals surface area (Å²) in [6, 6.07) is 0. The maximum absolute atomic E-state index is 13.1. The molecule has 4 nitrogen and oxygen atoms in total. The lowest BCUT2D eigenvalue weighted by atomic mass is 10.3. The monoisotopic (exact) mass is 260 g/mol. The van der Waals surface area contributed by atoms with Gasteiger partial charge in [0, 0.05) is 16.9 Å². The smallest absolute Gasteiger partial charge is 0.283 e. The zero-order chi connectivity index (χ0) is 11.8. The number of nitrogens with zero attached hydrogens (tertiary/aromatic N) is 1. The first-order valence-corrected chi connectivity index (χ1v) is 5.72. The summed E-state index contributed by atoms with van der Waals surface area (Å²) in [4.78, 5) is 2.11. The number of nitrogens with two attached hydrogens (primary N) is 1. The van der Waals surface area contributed by atoms with Gasteiger partial charge in [-0.3, -0.25) is 4.98 Å². The van der Waals surface area contributed by atoms with Crippen molar-refractivity contribution in [3.05, 3.63) is 17.7 Å². The van der Waals surface area contributed by atoms with Gasteiger partial charge in [0.05, 0.1) is 5.69 Å². The summed E-state index contributed by atoms with van der Waals surface area (Å²) in [6.07, 6.45) is -2.69. The van der Waals surface area contributed by atoms with Crippen LogP contribution < -0.4 is 5.73 Å². The van der Waals surface area contributed by atoms with Gasteiger partial charge in [0.2, 0.25) is 0 Å². The fourth-order valence-corrected chi connectivity index (χ4v) is 1.75. The van der Waals surface area contributed by atoms with Crippen LogP contribution in [0.15, 0.2) is 11.1 Å². The van der Waals surface area contributed by atoms with Crippen LogP contribution in [0, 0.1) is 5.82 Å².